The van der Waals surface area contributed by atoms with Gasteiger partial charge < -0.3 is 15.7 Å². The standard InChI is InChI=1S/C12H13N5O3/c18-11(19)5-8-2-1-3-9(4-8)16-12(20)13-6-10-14-7-15-17-10/h1-4,7H,5-6H2,(H,18,19)(H2,13,16,20)(H,14,15,17). The van der Waals surface area contributed by atoms with Crippen LogP contribution in [0.15, 0.2) is 30.6 Å². The molecule has 8 nitrogen and oxygen atoms in total. The van der Waals surface area contributed by atoms with Gasteiger partial charge >= 0.3 is 12.0 Å². The molecule has 20 heavy (non-hydrogen) atoms. The van der Waals surface area contributed by atoms with E-state index in [0.717, 1.165) is 0 Å². The Morgan fingerprint density at radius 2 is 2.20 bits per heavy atom. The van der Waals surface area contributed by atoms with Crippen LogP contribution in [0.3, 0.4) is 0 Å². The number of carboxylic acids is 1. The van der Waals surface area contributed by atoms with E-state index in [0.29, 0.717) is 17.1 Å². The molecule has 0 bridgehead atoms. The number of carbonyl (C=O) groups excluding carboxylic acids is 1. The molecule has 0 atom stereocenters. The zero-order valence-corrected chi connectivity index (χ0v) is 10.5. The molecule has 0 spiro atoms. The molecule has 8 heteroatoms. The third kappa shape index (κ3) is 4.09. The Labute approximate surface area is 114 Å². The van der Waals surface area contributed by atoms with Gasteiger partial charge in [0.2, 0.25) is 0 Å². The predicted molar refractivity (Wildman–Crippen MR) is 70.0 cm³/mol. The number of aromatic nitrogens is 3. The Morgan fingerprint density at radius 3 is 2.90 bits per heavy atom. The minimum atomic E-state index is -0.920. The second-order valence-electron chi connectivity index (χ2n) is 4.01. The van der Waals surface area contributed by atoms with E-state index < -0.39 is 12.0 Å². The maximum absolute atomic E-state index is 11.6. The van der Waals surface area contributed by atoms with Crippen LogP contribution >= 0.6 is 0 Å². The van der Waals surface area contributed by atoms with Gasteiger partial charge in [0, 0.05) is 5.69 Å². The number of hydrogen-bond donors (Lipinski definition) is 4. The molecule has 2 amide bonds. The van der Waals surface area contributed by atoms with E-state index in [1.54, 1.807) is 24.3 Å². The van der Waals surface area contributed by atoms with E-state index in [9.17, 15) is 9.59 Å². The van der Waals surface area contributed by atoms with Gasteiger partial charge in [-0.05, 0) is 17.7 Å². The fraction of sp³-hybridized carbons (Fsp3) is 0.167. The summed E-state index contributed by atoms with van der Waals surface area (Å²) in [6.45, 7) is 0.223. The molecule has 1 aromatic carbocycles. The Kier molecular flexibility index (Phi) is 4.28. The van der Waals surface area contributed by atoms with Gasteiger partial charge in [0.1, 0.15) is 12.2 Å². The molecule has 0 saturated carbocycles. The second kappa shape index (κ2) is 6.32. The molecular weight excluding hydrogens is 262 g/mol. The molecule has 2 aromatic rings. The molecule has 0 fully saturated rings. The van der Waals surface area contributed by atoms with E-state index in [1.807, 2.05) is 0 Å². The molecule has 2 rings (SSSR count). The molecule has 4 N–H and O–H groups in total. The first-order valence-electron chi connectivity index (χ1n) is 5.83. The van der Waals surface area contributed by atoms with Crippen LogP contribution in [0, 0.1) is 0 Å². The van der Waals surface area contributed by atoms with Gasteiger partial charge in [-0.3, -0.25) is 9.89 Å². The van der Waals surface area contributed by atoms with Gasteiger partial charge in [0.15, 0.2) is 0 Å². The average Bonchev–Trinajstić information content (AvgIpc) is 2.89. The Hall–Kier alpha value is -2.90. The molecule has 1 aromatic heterocycles. The van der Waals surface area contributed by atoms with Gasteiger partial charge in [0.25, 0.3) is 0 Å². The summed E-state index contributed by atoms with van der Waals surface area (Å²) in [5.74, 6) is -0.378. The number of rotatable bonds is 5. The fourth-order valence-corrected chi connectivity index (χ4v) is 1.59. The van der Waals surface area contributed by atoms with Crippen molar-refractivity contribution in [2.75, 3.05) is 5.32 Å². The first-order valence-corrected chi connectivity index (χ1v) is 5.83. The largest absolute Gasteiger partial charge is 0.481 e. The number of carbonyl (C=O) groups is 2. The number of aromatic amines is 1. The van der Waals surface area contributed by atoms with Crippen molar-refractivity contribution in [3.63, 3.8) is 0 Å². The highest BCUT2D eigenvalue weighted by molar-refractivity contribution is 5.89. The number of amides is 2. The van der Waals surface area contributed by atoms with Crippen LogP contribution in [0.1, 0.15) is 11.4 Å². The number of carboxylic acid groups (broad SMARTS) is 1. The molecule has 0 aliphatic carbocycles. The normalized spacial score (nSPS) is 10.0. The highest BCUT2D eigenvalue weighted by Crippen LogP contribution is 2.11. The van der Waals surface area contributed by atoms with Crippen LogP contribution in [0.5, 0.6) is 0 Å². The lowest BCUT2D eigenvalue weighted by Gasteiger charge is -2.07. The minimum Gasteiger partial charge on any atom is -0.481 e. The van der Waals surface area contributed by atoms with E-state index >= 15 is 0 Å². The van der Waals surface area contributed by atoms with Crippen molar-refractivity contribution < 1.29 is 14.7 Å². The van der Waals surface area contributed by atoms with Crippen LogP contribution in [0.25, 0.3) is 0 Å². The summed E-state index contributed by atoms with van der Waals surface area (Å²) in [4.78, 5) is 26.1. The number of anilines is 1. The van der Waals surface area contributed by atoms with Crippen LogP contribution in [-0.4, -0.2) is 32.3 Å². The predicted octanol–water partition coefficient (Wildman–Crippen LogP) is 0.754. The number of aliphatic carboxylic acids is 1. The zero-order valence-electron chi connectivity index (χ0n) is 10.5. The Bertz CT molecular complexity index is 597. The summed E-state index contributed by atoms with van der Waals surface area (Å²) in [5, 5.41) is 20.2. The summed E-state index contributed by atoms with van der Waals surface area (Å²) in [7, 11) is 0. The second-order valence-corrected chi connectivity index (χ2v) is 4.01. The molecule has 0 saturated heterocycles. The van der Waals surface area contributed by atoms with Crippen molar-refractivity contribution in [3.05, 3.63) is 42.0 Å². The Morgan fingerprint density at radius 1 is 1.35 bits per heavy atom. The van der Waals surface area contributed by atoms with Crippen LogP contribution < -0.4 is 10.6 Å². The van der Waals surface area contributed by atoms with E-state index in [2.05, 4.69) is 25.8 Å². The maximum Gasteiger partial charge on any atom is 0.319 e. The lowest BCUT2D eigenvalue weighted by Crippen LogP contribution is -2.28. The van der Waals surface area contributed by atoms with Crippen LogP contribution in [0.2, 0.25) is 0 Å². The third-order valence-corrected chi connectivity index (χ3v) is 2.42. The molecular formula is C12H13N5O3. The summed E-state index contributed by atoms with van der Waals surface area (Å²) in [6.07, 6.45) is 1.26. The monoisotopic (exact) mass is 275 g/mol. The Balaban J connectivity index is 1.88. The van der Waals surface area contributed by atoms with Crippen LogP contribution in [-0.2, 0) is 17.8 Å². The number of nitrogens with zero attached hydrogens (tertiary/aromatic N) is 2. The lowest BCUT2D eigenvalue weighted by atomic mass is 10.1. The van der Waals surface area contributed by atoms with Crippen molar-refractivity contribution in [1.82, 2.24) is 20.5 Å². The molecule has 1 heterocycles. The molecule has 104 valence electrons. The fourth-order valence-electron chi connectivity index (χ4n) is 1.59. The highest BCUT2D eigenvalue weighted by Gasteiger charge is 2.05. The summed E-state index contributed by atoms with van der Waals surface area (Å²) in [5.41, 5.74) is 1.14. The summed E-state index contributed by atoms with van der Waals surface area (Å²) < 4.78 is 0. The molecule has 0 radical (unpaired) electrons. The van der Waals surface area contributed by atoms with Crippen LogP contribution in [0.4, 0.5) is 10.5 Å². The van der Waals surface area contributed by atoms with Gasteiger partial charge in [-0.15, -0.1) is 0 Å². The topological polar surface area (TPSA) is 120 Å². The van der Waals surface area contributed by atoms with Gasteiger partial charge in [-0.1, -0.05) is 12.1 Å². The van der Waals surface area contributed by atoms with E-state index in [4.69, 9.17) is 5.11 Å². The van der Waals surface area contributed by atoms with Crippen molar-refractivity contribution in [2.45, 2.75) is 13.0 Å². The SMILES string of the molecule is O=C(O)Cc1cccc(NC(=O)NCc2ncn[nH]2)c1. The first kappa shape index (κ1) is 13.5. The third-order valence-electron chi connectivity index (χ3n) is 2.42. The minimum absolute atomic E-state index is 0.0881. The average molecular weight is 275 g/mol. The smallest absolute Gasteiger partial charge is 0.319 e. The maximum atomic E-state index is 11.6. The van der Waals surface area contributed by atoms with Crippen molar-refractivity contribution in [2.24, 2.45) is 0 Å². The van der Waals surface area contributed by atoms with Gasteiger partial charge in [0.05, 0.1) is 13.0 Å². The summed E-state index contributed by atoms with van der Waals surface area (Å²) in [6, 6.07) is 6.26. The van der Waals surface area contributed by atoms with Gasteiger partial charge in [-0.25, -0.2) is 9.78 Å². The number of benzene rings is 1. The summed E-state index contributed by atoms with van der Waals surface area (Å²) >= 11 is 0. The van der Waals surface area contributed by atoms with Crippen molar-refractivity contribution >= 4 is 17.7 Å². The van der Waals surface area contributed by atoms with E-state index in [1.165, 1.54) is 6.33 Å². The van der Waals surface area contributed by atoms with Crippen molar-refractivity contribution in [1.29, 1.82) is 0 Å². The zero-order chi connectivity index (χ0) is 14.4. The van der Waals surface area contributed by atoms with Gasteiger partial charge in [-0.2, -0.15) is 5.10 Å². The highest BCUT2D eigenvalue weighted by atomic mass is 16.4. The lowest BCUT2D eigenvalue weighted by molar-refractivity contribution is -0.136. The molecule has 0 unspecified atom stereocenters. The number of H-pyrrole nitrogens is 1. The number of urea groups is 1. The van der Waals surface area contributed by atoms with Crippen molar-refractivity contribution in [3.8, 4) is 0 Å². The quantitative estimate of drug-likeness (QED) is 0.642. The number of hydrogen-bond acceptors (Lipinski definition) is 4. The van der Waals surface area contributed by atoms with E-state index in [-0.39, 0.29) is 13.0 Å². The first-order chi connectivity index (χ1) is 9.63. The molecule has 0 aliphatic heterocycles. The molecule has 0 aliphatic rings. The number of nitrogens with one attached hydrogen (secondary N) is 3.